The van der Waals surface area contributed by atoms with Crippen molar-refractivity contribution in [2.45, 2.75) is 12.5 Å². The molecule has 7 aromatic carbocycles. The van der Waals surface area contributed by atoms with Gasteiger partial charge in [0.05, 0.1) is 22.9 Å². The maximum absolute atomic E-state index is 6.78. The minimum atomic E-state index is 0.160. The Kier molecular flexibility index (Phi) is 7.24. The first kappa shape index (κ1) is 31.3. The molecule has 0 spiro atoms. The van der Waals surface area contributed by atoms with Crippen LogP contribution in [-0.4, -0.2) is 16.0 Å². The fraction of sp³-hybridized carbons (Fsp3) is 0.0400. The van der Waals surface area contributed by atoms with Gasteiger partial charge in [-0.15, -0.1) is 0 Å². The van der Waals surface area contributed by atoms with Crippen LogP contribution in [-0.2, 0) is 0 Å². The normalized spacial score (nSPS) is 15.0. The van der Waals surface area contributed by atoms with E-state index in [1.807, 2.05) is 30.3 Å². The Balaban J connectivity index is 1.06. The Morgan fingerprint density at radius 3 is 2.09 bits per heavy atom. The zero-order valence-corrected chi connectivity index (χ0v) is 29.9. The molecule has 260 valence electrons. The summed E-state index contributed by atoms with van der Waals surface area (Å²) >= 11 is 0. The highest BCUT2D eigenvalue weighted by Crippen LogP contribution is 2.51. The third kappa shape index (κ3) is 5.16. The zero-order valence-electron chi connectivity index (χ0n) is 29.9. The highest BCUT2D eigenvalue weighted by molar-refractivity contribution is 6.15. The molecule has 1 unspecified atom stereocenters. The highest BCUT2D eigenvalue weighted by Gasteiger charge is 2.38. The highest BCUT2D eigenvalue weighted by atomic mass is 16.3. The van der Waals surface area contributed by atoms with Crippen LogP contribution < -0.4 is 10.2 Å². The Morgan fingerprint density at radius 2 is 1.25 bits per heavy atom. The second-order valence-corrected chi connectivity index (χ2v) is 14.2. The lowest BCUT2D eigenvalue weighted by molar-refractivity contribution is 0.670. The molecule has 5 nitrogen and oxygen atoms in total. The van der Waals surface area contributed by atoms with Gasteiger partial charge in [-0.25, -0.2) is 9.97 Å². The predicted molar refractivity (Wildman–Crippen MR) is 226 cm³/mol. The summed E-state index contributed by atoms with van der Waals surface area (Å²) in [5.41, 5.74) is 14.8. The molecule has 0 radical (unpaired) electrons. The van der Waals surface area contributed by atoms with Crippen LogP contribution >= 0.6 is 0 Å². The van der Waals surface area contributed by atoms with Gasteiger partial charge in [-0.3, -0.25) is 0 Å². The molecule has 1 aliphatic heterocycles. The van der Waals surface area contributed by atoms with Crippen molar-refractivity contribution in [1.29, 1.82) is 0 Å². The van der Waals surface area contributed by atoms with Crippen molar-refractivity contribution in [2.75, 3.05) is 10.2 Å². The molecule has 3 heterocycles. The van der Waals surface area contributed by atoms with E-state index in [9.17, 15) is 0 Å². The van der Waals surface area contributed by atoms with Crippen molar-refractivity contribution in [3.63, 3.8) is 0 Å². The van der Waals surface area contributed by atoms with Gasteiger partial charge in [-0.1, -0.05) is 140 Å². The van der Waals surface area contributed by atoms with E-state index in [0.29, 0.717) is 5.82 Å². The molecule has 0 saturated heterocycles. The van der Waals surface area contributed by atoms with Crippen LogP contribution in [0.4, 0.5) is 17.1 Å². The van der Waals surface area contributed by atoms with Gasteiger partial charge in [0.1, 0.15) is 5.58 Å². The number of nitrogens with zero attached hydrogens (tertiary/aromatic N) is 3. The molecular weight excluding hydrogens is 673 g/mol. The average Bonchev–Trinajstić information content (AvgIpc) is 3.80. The molecular formula is C50H34N4O. The fourth-order valence-electron chi connectivity index (χ4n) is 8.56. The number of anilines is 3. The minimum Gasteiger partial charge on any atom is -0.454 e. The zero-order chi connectivity index (χ0) is 36.3. The number of allylic oxidation sites excluding steroid dienone is 1. The van der Waals surface area contributed by atoms with Crippen molar-refractivity contribution < 1.29 is 4.42 Å². The van der Waals surface area contributed by atoms with Gasteiger partial charge in [-0.05, 0) is 65.6 Å². The minimum absolute atomic E-state index is 0.160. The Labute approximate surface area is 318 Å². The predicted octanol–water partition coefficient (Wildman–Crippen LogP) is 12.7. The lowest BCUT2D eigenvalue weighted by Gasteiger charge is -2.32. The largest absolute Gasteiger partial charge is 0.454 e. The van der Waals surface area contributed by atoms with Crippen LogP contribution in [0.2, 0.25) is 0 Å². The van der Waals surface area contributed by atoms with Gasteiger partial charge >= 0.3 is 0 Å². The molecule has 1 N–H and O–H groups in total. The molecule has 1 atom stereocenters. The monoisotopic (exact) mass is 706 g/mol. The molecule has 0 fully saturated rings. The van der Waals surface area contributed by atoms with Gasteiger partial charge in [0.2, 0.25) is 0 Å². The molecule has 5 heteroatoms. The number of furan rings is 1. The molecule has 11 rings (SSSR count). The average molecular weight is 707 g/mol. The summed E-state index contributed by atoms with van der Waals surface area (Å²) in [6, 6.07) is 61.6. The van der Waals surface area contributed by atoms with Gasteiger partial charge < -0.3 is 14.6 Å². The summed E-state index contributed by atoms with van der Waals surface area (Å²) in [6.07, 6.45) is 3.20. The van der Waals surface area contributed by atoms with E-state index in [4.69, 9.17) is 14.4 Å². The molecule has 1 aliphatic carbocycles. The molecule has 0 saturated carbocycles. The third-order valence-electron chi connectivity index (χ3n) is 11.0. The van der Waals surface area contributed by atoms with E-state index in [1.165, 1.54) is 33.6 Å². The first-order valence-electron chi connectivity index (χ1n) is 18.8. The summed E-state index contributed by atoms with van der Waals surface area (Å²) in [6.45, 7) is 0. The third-order valence-corrected chi connectivity index (χ3v) is 11.0. The van der Waals surface area contributed by atoms with Crippen LogP contribution in [0.5, 0.6) is 0 Å². The fourth-order valence-corrected chi connectivity index (χ4v) is 8.56. The molecule has 9 aromatic rings. The standard InChI is InChI=1S/C50H34N4O/c1-4-16-32(17-5-1)39-31-45-40(35-22-11-13-28-44(35)54(45)34-20-8-3-9-21-34)30-43(39)51-42-27-14-24-37-47-38(25-15-29-46(47)55-49(37)42)50-52-41-26-12-10-23-36(41)48(53-50)33-18-6-2-7-19-33/h1-30,45,51H,31H2. The number of hydrogen-bond donors (Lipinski definition) is 1. The Bertz CT molecular complexity index is 2980. The summed E-state index contributed by atoms with van der Waals surface area (Å²) in [7, 11) is 0. The van der Waals surface area contributed by atoms with Crippen molar-refractivity contribution in [3.8, 4) is 22.6 Å². The Hall–Kier alpha value is -7.24. The molecule has 2 aromatic heterocycles. The van der Waals surface area contributed by atoms with Gasteiger partial charge in [0.15, 0.2) is 11.4 Å². The van der Waals surface area contributed by atoms with Crippen molar-refractivity contribution in [3.05, 3.63) is 199 Å². The molecule has 55 heavy (non-hydrogen) atoms. The van der Waals surface area contributed by atoms with E-state index in [-0.39, 0.29) is 6.04 Å². The summed E-state index contributed by atoms with van der Waals surface area (Å²) < 4.78 is 6.78. The number of nitrogens with one attached hydrogen (secondary N) is 1. The second-order valence-electron chi connectivity index (χ2n) is 14.2. The number of benzene rings is 7. The first-order chi connectivity index (χ1) is 27.3. The summed E-state index contributed by atoms with van der Waals surface area (Å²) in [4.78, 5) is 12.8. The van der Waals surface area contributed by atoms with E-state index < -0.39 is 0 Å². The lowest BCUT2D eigenvalue weighted by Crippen LogP contribution is -2.29. The molecule has 0 bridgehead atoms. The Morgan fingerprint density at radius 1 is 0.582 bits per heavy atom. The van der Waals surface area contributed by atoms with E-state index in [1.54, 1.807) is 0 Å². The van der Waals surface area contributed by atoms with Crippen LogP contribution in [0.1, 0.15) is 17.5 Å². The van der Waals surface area contributed by atoms with Crippen LogP contribution in [0, 0.1) is 0 Å². The molecule has 2 aliphatic rings. The van der Waals surface area contributed by atoms with Crippen LogP contribution in [0.3, 0.4) is 0 Å². The second kappa shape index (κ2) is 12.7. The summed E-state index contributed by atoms with van der Waals surface area (Å²) in [5.74, 6) is 0.671. The maximum atomic E-state index is 6.78. The van der Waals surface area contributed by atoms with Crippen molar-refractivity contribution in [1.82, 2.24) is 9.97 Å². The van der Waals surface area contributed by atoms with Gasteiger partial charge in [-0.2, -0.15) is 0 Å². The molecule has 0 amide bonds. The first-order valence-corrected chi connectivity index (χ1v) is 18.8. The summed E-state index contributed by atoms with van der Waals surface area (Å²) in [5, 5.41) is 6.94. The van der Waals surface area contributed by atoms with E-state index in [0.717, 1.165) is 67.5 Å². The number of fused-ring (bicyclic) bond motifs is 7. The van der Waals surface area contributed by atoms with Crippen molar-refractivity contribution in [2.24, 2.45) is 0 Å². The number of aromatic nitrogens is 2. The topological polar surface area (TPSA) is 54.2 Å². The van der Waals surface area contributed by atoms with Gasteiger partial charge in [0, 0.05) is 49.9 Å². The SMILES string of the molecule is C1=C2c3ccccc3N(c3ccccc3)C2CC(c2ccccc2)=C1Nc1cccc2c1oc1cccc(-c3nc(-c4ccccc4)c4ccccc4n3)c12. The maximum Gasteiger partial charge on any atom is 0.161 e. The van der Waals surface area contributed by atoms with Crippen molar-refractivity contribution >= 4 is 61.0 Å². The van der Waals surface area contributed by atoms with E-state index in [2.05, 4.69) is 162 Å². The van der Waals surface area contributed by atoms with E-state index >= 15 is 0 Å². The van der Waals surface area contributed by atoms with Gasteiger partial charge in [0.25, 0.3) is 0 Å². The number of hydrogen-bond acceptors (Lipinski definition) is 5. The number of rotatable bonds is 6. The number of para-hydroxylation sites is 4. The van der Waals surface area contributed by atoms with Crippen LogP contribution in [0.15, 0.2) is 192 Å². The smallest absolute Gasteiger partial charge is 0.161 e. The quantitative estimate of drug-likeness (QED) is 0.187. The lowest BCUT2D eigenvalue weighted by atomic mass is 9.86. The van der Waals surface area contributed by atoms with Crippen LogP contribution in [0.25, 0.3) is 66.6 Å².